The second-order valence-corrected chi connectivity index (χ2v) is 20.3. The Bertz CT molecular complexity index is 1390. The minimum Gasteiger partial charge on any atom is -0.394 e. The normalized spacial score (nSPS) is 53.4. The molecule has 13 heteroatoms. The van der Waals surface area contributed by atoms with Gasteiger partial charge in [0.1, 0.15) is 42.7 Å². The molecule has 9 N–H and O–H groups in total. The zero-order chi connectivity index (χ0) is 40.8. The first kappa shape index (κ1) is 43.8. The molecule has 4 saturated carbocycles. The van der Waals surface area contributed by atoms with Gasteiger partial charge in [0.05, 0.1) is 36.6 Å². The van der Waals surface area contributed by atoms with E-state index in [0.717, 1.165) is 19.3 Å². The Hall–Kier alpha value is -0.780. The number of aliphatic hydroxyl groups is 9. The predicted octanol–water partition coefficient (Wildman–Crippen LogP) is 2.15. The second kappa shape index (κ2) is 15.4. The first-order chi connectivity index (χ1) is 25.5. The molecule has 0 unspecified atom stereocenters. The molecule has 2 aliphatic heterocycles. The number of aliphatic hydroxyl groups excluding tert-OH is 8. The third-order valence-electron chi connectivity index (χ3n) is 16.5. The summed E-state index contributed by atoms with van der Waals surface area (Å²) in [5.74, 6) is -0.526. The minimum atomic E-state index is -1.70. The van der Waals surface area contributed by atoms with Crippen molar-refractivity contribution in [3.63, 3.8) is 0 Å². The summed E-state index contributed by atoms with van der Waals surface area (Å²) >= 11 is 0. The molecule has 318 valence electrons. The van der Waals surface area contributed by atoms with E-state index in [1.165, 1.54) is 12.5 Å². The number of hydrogen-bond acceptors (Lipinski definition) is 13. The van der Waals surface area contributed by atoms with Crippen LogP contribution in [0.3, 0.4) is 0 Å². The van der Waals surface area contributed by atoms with Crippen molar-refractivity contribution >= 4 is 0 Å². The van der Waals surface area contributed by atoms with Crippen LogP contribution >= 0.6 is 0 Å². The number of rotatable bonds is 9. The van der Waals surface area contributed by atoms with Crippen LogP contribution in [-0.2, 0) is 18.9 Å². The van der Waals surface area contributed by atoms with Gasteiger partial charge in [-0.2, -0.15) is 0 Å². The van der Waals surface area contributed by atoms with E-state index in [2.05, 4.69) is 40.7 Å². The predicted molar refractivity (Wildman–Crippen MR) is 201 cm³/mol. The maximum absolute atomic E-state index is 12.3. The van der Waals surface area contributed by atoms with E-state index in [4.69, 9.17) is 18.9 Å². The molecule has 13 nitrogen and oxygen atoms in total. The van der Waals surface area contributed by atoms with Crippen molar-refractivity contribution in [2.75, 3.05) is 6.61 Å². The Morgan fingerprint density at radius 3 is 2.13 bits per heavy atom. The van der Waals surface area contributed by atoms with Gasteiger partial charge in [-0.1, -0.05) is 46.3 Å². The van der Waals surface area contributed by atoms with Crippen LogP contribution in [0.1, 0.15) is 114 Å². The molecule has 0 amide bonds. The van der Waals surface area contributed by atoms with Crippen LogP contribution in [0.25, 0.3) is 0 Å². The molecule has 2 saturated heterocycles. The van der Waals surface area contributed by atoms with Crippen molar-refractivity contribution in [1.82, 2.24) is 0 Å². The lowest BCUT2D eigenvalue weighted by Crippen LogP contribution is -2.71. The Balaban J connectivity index is 1.38. The summed E-state index contributed by atoms with van der Waals surface area (Å²) in [4.78, 5) is 0. The highest BCUT2D eigenvalue weighted by Crippen LogP contribution is 2.76. The lowest BCUT2D eigenvalue weighted by molar-refractivity contribution is -0.382. The van der Waals surface area contributed by atoms with Crippen LogP contribution in [0.4, 0.5) is 0 Å². The SMILES string of the molecule is CC(C)=CCC[C@](C)(O)[C@H]1CC[C@]2(C)[C@@H]1[C@H](O)C[C@@H]1[C@@]3(C)CC[C@H](O)C(C)(C)[C@H]3[C@@H](O[C@@H]3O[C@H](CO)[C@@H](O)[C@H](O)[C@H]3O[C@@H]3O[C@@H](C)[C@H](O)[C@@H](O)[C@H]3O)C[C@]12C. The van der Waals surface area contributed by atoms with E-state index in [1.54, 1.807) is 0 Å². The van der Waals surface area contributed by atoms with Crippen LogP contribution in [0.2, 0.25) is 0 Å². The fourth-order valence-corrected chi connectivity index (χ4v) is 13.3. The monoisotopic (exact) mass is 784 g/mol. The summed E-state index contributed by atoms with van der Waals surface area (Å²) in [5, 5.41) is 100. The highest BCUT2D eigenvalue weighted by Gasteiger charge is 2.73. The Labute approximate surface area is 327 Å². The van der Waals surface area contributed by atoms with Gasteiger partial charge in [-0.25, -0.2) is 0 Å². The maximum Gasteiger partial charge on any atom is 0.187 e. The van der Waals surface area contributed by atoms with E-state index in [-0.39, 0.29) is 23.7 Å². The van der Waals surface area contributed by atoms with E-state index >= 15 is 0 Å². The summed E-state index contributed by atoms with van der Waals surface area (Å²) < 4.78 is 25.1. The highest BCUT2D eigenvalue weighted by atomic mass is 16.8. The molecule has 0 aromatic rings. The average molecular weight is 785 g/mol. The third-order valence-corrected chi connectivity index (χ3v) is 16.5. The smallest absolute Gasteiger partial charge is 0.187 e. The average Bonchev–Trinajstić information content (AvgIpc) is 3.49. The maximum atomic E-state index is 12.3. The van der Waals surface area contributed by atoms with Gasteiger partial charge in [0.25, 0.3) is 0 Å². The second-order valence-electron chi connectivity index (χ2n) is 20.3. The standard InChI is InChI=1S/C42H72O13/c1-20(2)11-10-14-42(9,51)22-12-16-40(7)28(22)23(44)17-26-39(6)15-13-27(45)38(4,5)35(39)24(18-41(26,40)8)53-37-34(32(49)30(47)25(19-43)54-37)55-36-33(50)31(48)29(46)21(3)52-36/h11,21-37,43-51H,10,12-19H2,1-9H3/t21-,22-,23+,24-,25+,26+,27-,28-,29-,30+,31+,32-,33+,34+,35+,36-,37+,39+,40+,41+,42-/m0/s1. The van der Waals surface area contributed by atoms with Crippen LogP contribution in [0.15, 0.2) is 11.6 Å². The van der Waals surface area contributed by atoms with Gasteiger partial charge in [0.2, 0.25) is 0 Å². The van der Waals surface area contributed by atoms with Crippen molar-refractivity contribution in [3.8, 4) is 0 Å². The molecule has 2 heterocycles. The van der Waals surface area contributed by atoms with Crippen molar-refractivity contribution in [2.45, 2.75) is 199 Å². The topological polar surface area (TPSA) is 219 Å². The summed E-state index contributed by atoms with van der Waals surface area (Å²) in [6.07, 6.45) is -8.99. The van der Waals surface area contributed by atoms with Crippen molar-refractivity contribution in [3.05, 3.63) is 11.6 Å². The molecule has 21 atom stereocenters. The first-order valence-electron chi connectivity index (χ1n) is 20.8. The molecule has 6 aliphatic rings. The van der Waals surface area contributed by atoms with Gasteiger partial charge >= 0.3 is 0 Å². The van der Waals surface area contributed by atoms with Crippen molar-refractivity contribution in [2.24, 2.45) is 45.3 Å². The quantitative estimate of drug-likeness (QED) is 0.121. The van der Waals surface area contributed by atoms with Gasteiger partial charge in [-0.05, 0) is 124 Å². The molecule has 6 rings (SSSR count). The van der Waals surface area contributed by atoms with Gasteiger partial charge in [-0.15, -0.1) is 0 Å². The van der Waals surface area contributed by atoms with Gasteiger partial charge < -0.3 is 64.9 Å². The van der Waals surface area contributed by atoms with Gasteiger partial charge in [-0.3, -0.25) is 0 Å². The van der Waals surface area contributed by atoms with Crippen LogP contribution in [0, 0.1) is 45.3 Å². The van der Waals surface area contributed by atoms with E-state index < -0.39 is 114 Å². The number of fused-ring (bicyclic) bond motifs is 5. The van der Waals surface area contributed by atoms with Crippen LogP contribution < -0.4 is 0 Å². The first-order valence-corrected chi connectivity index (χ1v) is 20.8. The fourth-order valence-electron chi connectivity index (χ4n) is 13.3. The summed E-state index contributed by atoms with van der Waals surface area (Å²) in [5.41, 5.74) is -1.71. The third kappa shape index (κ3) is 7.10. The lowest BCUT2D eigenvalue weighted by atomic mass is 9.34. The summed E-state index contributed by atoms with van der Waals surface area (Å²) in [6, 6.07) is 0. The van der Waals surface area contributed by atoms with E-state index in [1.807, 2.05) is 20.8 Å². The largest absolute Gasteiger partial charge is 0.394 e. The zero-order valence-corrected chi connectivity index (χ0v) is 34.4. The van der Waals surface area contributed by atoms with E-state index in [0.29, 0.717) is 32.1 Å². The highest BCUT2D eigenvalue weighted by molar-refractivity contribution is 5.22. The van der Waals surface area contributed by atoms with Crippen molar-refractivity contribution in [1.29, 1.82) is 0 Å². The Morgan fingerprint density at radius 1 is 0.818 bits per heavy atom. The molecule has 6 fully saturated rings. The van der Waals surface area contributed by atoms with Gasteiger partial charge in [0.15, 0.2) is 12.6 Å². The van der Waals surface area contributed by atoms with Crippen molar-refractivity contribution < 1.29 is 64.9 Å². The zero-order valence-electron chi connectivity index (χ0n) is 34.4. The van der Waals surface area contributed by atoms with E-state index in [9.17, 15) is 46.0 Å². The molecular formula is C42H72O13. The minimum absolute atomic E-state index is 0.0411. The molecular weight excluding hydrogens is 712 g/mol. The number of hydrogen-bond donors (Lipinski definition) is 9. The molecule has 4 aliphatic carbocycles. The summed E-state index contributed by atoms with van der Waals surface area (Å²) in [7, 11) is 0. The molecule has 55 heavy (non-hydrogen) atoms. The molecule has 0 aromatic carbocycles. The Kier molecular flexibility index (Phi) is 12.2. The molecule has 0 radical (unpaired) electrons. The lowest BCUT2D eigenvalue weighted by Gasteiger charge is -2.72. The summed E-state index contributed by atoms with van der Waals surface area (Å²) in [6.45, 7) is 17.8. The molecule has 0 spiro atoms. The molecule has 0 aromatic heterocycles. The Morgan fingerprint density at radius 2 is 1.49 bits per heavy atom. The number of allylic oxidation sites excluding steroid dienone is 2. The fraction of sp³-hybridized carbons (Fsp3) is 0.952. The van der Waals surface area contributed by atoms with Crippen LogP contribution in [-0.4, -0.2) is 138 Å². The van der Waals surface area contributed by atoms with Gasteiger partial charge in [0, 0.05) is 0 Å². The molecule has 0 bridgehead atoms. The van der Waals surface area contributed by atoms with Crippen LogP contribution in [0.5, 0.6) is 0 Å². The number of ether oxygens (including phenoxy) is 4.